The summed E-state index contributed by atoms with van der Waals surface area (Å²) in [4.78, 5) is 12.2. The smallest absolute Gasteiger partial charge is 0.255 e. The summed E-state index contributed by atoms with van der Waals surface area (Å²) in [5, 5.41) is 14.5. The quantitative estimate of drug-likeness (QED) is 0.874. The second-order valence-electron chi connectivity index (χ2n) is 5.86. The van der Waals surface area contributed by atoms with E-state index in [2.05, 4.69) is 10.6 Å². The van der Waals surface area contributed by atoms with Crippen molar-refractivity contribution >= 4 is 17.3 Å². The van der Waals surface area contributed by atoms with Crippen LogP contribution in [0.5, 0.6) is 0 Å². The zero-order chi connectivity index (χ0) is 17.6. The molecule has 0 radical (unpaired) electrons. The average Bonchev–Trinajstić information content (AvgIpc) is 3.14. The molecule has 0 saturated carbocycles. The SMILES string of the molecule is N#Cc1cccc(C(=O)Nc2ccc(NC[C@H]3CCCO3)c(F)c2)c1. The average molecular weight is 339 g/mol. The monoisotopic (exact) mass is 339 g/mol. The molecular weight excluding hydrogens is 321 g/mol. The zero-order valence-corrected chi connectivity index (χ0v) is 13.6. The van der Waals surface area contributed by atoms with Gasteiger partial charge in [-0.1, -0.05) is 6.07 Å². The summed E-state index contributed by atoms with van der Waals surface area (Å²) in [6.07, 6.45) is 2.13. The van der Waals surface area contributed by atoms with Crippen molar-refractivity contribution in [1.29, 1.82) is 5.26 Å². The fourth-order valence-corrected chi connectivity index (χ4v) is 2.70. The number of amides is 1. The van der Waals surface area contributed by atoms with Crippen LogP contribution in [0.3, 0.4) is 0 Å². The zero-order valence-electron chi connectivity index (χ0n) is 13.6. The Hall–Kier alpha value is -2.91. The molecule has 0 aromatic heterocycles. The van der Waals surface area contributed by atoms with Gasteiger partial charge in [0.2, 0.25) is 0 Å². The van der Waals surface area contributed by atoms with Crippen LogP contribution in [0.2, 0.25) is 0 Å². The third-order valence-electron chi connectivity index (χ3n) is 4.02. The second-order valence-corrected chi connectivity index (χ2v) is 5.86. The summed E-state index contributed by atoms with van der Waals surface area (Å²) >= 11 is 0. The first-order chi connectivity index (χ1) is 12.2. The molecule has 0 aliphatic carbocycles. The number of hydrogen-bond acceptors (Lipinski definition) is 4. The van der Waals surface area contributed by atoms with Crippen LogP contribution in [0.15, 0.2) is 42.5 Å². The van der Waals surface area contributed by atoms with Gasteiger partial charge in [-0.25, -0.2) is 4.39 Å². The Balaban J connectivity index is 1.63. The molecule has 2 N–H and O–H groups in total. The fraction of sp³-hybridized carbons (Fsp3) is 0.263. The predicted molar refractivity (Wildman–Crippen MR) is 93.0 cm³/mol. The van der Waals surface area contributed by atoms with Gasteiger partial charge in [-0.2, -0.15) is 5.26 Å². The first kappa shape index (κ1) is 16.9. The van der Waals surface area contributed by atoms with Gasteiger partial charge in [0, 0.05) is 24.4 Å². The van der Waals surface area contributed by atoms with Crippen molar-refractivity contribution in [3.8, 4) is 6.07 Å². The maximum absolute atomic E-state index is 14.2. The van der Waals surface area contributed by atoms with Crippen molar-refractivity contribution in [2.75, 3.05) is 23.8 Å². The van der Waals surface area contributed by atoms with Crippen molar-refractivity contribution in [3.63, 3.8) is 0 Å². The van der Waals surface area contributed by atoms with E-state index in [-0.39, 0.29) is 6.10 Å². The molecule has 0 spiro atoms. The first-order valence-electron chi connectivity index (χ1n) is 8.12. The van der Waals surface area contributed by atoms with Crippen molar-refractivity contribution in [2.45, 2.75) is 18.9 Å². The Kier molecular flexibility index (Phi) is 5.26. The van der Waals surface area contributed by atoms with E-state index in [9.17, 15) is 9.18 Å². The minimum absolute atomic E-state index is 0.117. The number of nitrogens with zero attached hydrogens (tertiary/aromatic N) is 1. The maximum Gasteiger partial charge on any atom is 0.255 e. The van der Waals surface area contributed by atoms with E-state index in [0.29, 0.717) is 29.0 Å². The summed E-state index contributed by atoms with van der Waals surface area (Å²) in [5.74, 6) is -0.835. The van der Waals surface area contributed by atoms with Gasteiger partial charge in [0.05, 0.1) is 23.4 Å². The lowest BCUT2D eigenvalue weighted by atomic mass is 10.1. The Bertz CT molecular complexity index is 811. The lowest BCUT2D eigenvalue weighted by Gasteiger charge is -2.13. The highest BCUT2D eigenvalue weighted by molar-refractivity contribution is 6.04. The minimum atomic E-state index is -0.443. The standard InChI is InChI=1S/C19H18FN3O2/c20-17-10-15(6-7-18(17)22-12-16-5-2-8-25-16)23-19(24)14-4-1-3-13(9-14)11-21/h1,3-4,6-7,9-10,16,22H,2,5,8,12H2,(H,23,24)/t16-/m1/s1. The number of halogens is 1. The molecule has 2 aromatic carbocycles. The second kappa shape index (κ2) is 7.77. The highest BCUT2D eigenvalue weighted by atomic mass is 19.1. The van der Waals surface area contributed by atoms with Crippen LogP contribution in [-0.4, -0.2) is 25.2 Å². The number of carbonyl (C=O) groups excluding carboxylic acids is 1. The van der Waals surface area contributed by atoms with E-state index in [1.54, 1.807) is 30.3 Å². The molecule has 128 valence electrons. The highest BCUT2D eigenvalue weighted by Crippen LogP contribution is 2.21. The number of hydrogen-bond donors (Lipinski definition) is 2. The molecule has 1 aliphatic heterocycles. The minimum Gasteiger partial charge on any atom is -0.380 e. The van der Waals surface area contributed by atoms with Crippen LogP contribution in [0, 0.1) is 17.1 Å². The summed E-state index contributed by atoms with van der Waals surface area (Å²) in [5.41, 5.74) is 1.47. The van der Waals surface area contributed by atoms with Gasteiger partial charge in [-0.15, -0.1) is 0 Å². The van der Waals surface area contributed by atoms with Crippen LogP contribution in [-0.2, 0) is 4.74 Å². The topological polar surface area (TPSA) is 74.2 Å². The third-order valence-corrected chi connectivity index (χ3v) is 4.02. The summed E-state index contributed by atoms with van der Waals surface area (Å²) in [6, 6.07) is 12.8. The molecular formula is C19H18FN3O2. The summed E-state index contributed by atoms with van der Waals surface area (Å²) in [6.45, 7) is 1.32. The Morgan fingerprint density at radius 1 is 1.32 bits per heavy atom. The number of rotatable bonds is 5. The van der Waals surface area contributed by atoms with Gasteiger partial charge in [0.25, 0.3) is 5.91 Å². The normalized spacial score (nSPS) is 16.2. The summed E-state index contributed by atoms with van der Waals surface area (Å²) < 4.78 is 19.7. The van der Waals surface area contributed by atoms with Gasteiger partial charge in [-0.3, -0.25) is 4.79 Å². The number of ether oxygens (including phenoxy) is 1. The molecule has 1 heterocycles. The number of benzene rings is 2. The lowest BCUT2D eigenvalue weighted by molar-refractivity contribution is 0.102. The molecule has 0 bridgehead atoms. The van der Waals surface area contributed by atoms with Crippen molar-refractivity contribution in [2.24, 2.45) is 0 Å². The first-order valence-corrected chi connectivity index (χ1v) is 8.12. The highest BCUT2D eigenvalue weighted by Gasteiger charge is 2.16. The number of carbonyl (C=O) groups is 1. The van der Waals surface area contributed by atoms with Crippen molar-refractivity contribution in [3.05, 3.63) is 59.4 Å². The summed E-state index contributed by atoms with van der Waals surface area (Å²) in [7, 11) is 0. The third kappa shape index (κ3) is 4.34. The number of nitrogens with one attached hydrogen (secondary N) is 2. The lowest BCUT2D eigenvalue weighted by Crippen LogP contribution is -2.19. The van der Waals surface area contributed by atoms with Crippen molar-refractivity contribution in [1.82, 2.24) is 0 Å². The molecule has 1 saturated heterocycles. The van der Waals surface area contributed by atoms with Gasteiger partial charge < -0.3 is 15.4 Å². The largest absolute Gasteiger partial charge is 0.380 e. The maximum atomic E-state index is 14.2. The van der Waals surface area contributed by atoms with Crippen LogP contribution in [0.1, 0.15) is 28.8 Å². The van der Waals surface area contributed by atoms with Crippen molar-refractivity contribution < 1.29 is 13.9 Å². The Morgan fingerprint density at radius 2 is 2.20 bits per heavy atom. The van der Waals surface area contributed by atoms with E-state index in [1.165, 1.54) is 12.1 Å². The molecule has 2 aromatic rings. The molecule has 1 aliphatic rings. The predicted octanol–water partition coefficient (Wildman–Crippen LogP) is 3.54. The van der Waals surface area contributed by atoms with E-state index >= 15 is 0 Å². The Labute approximate surface area is 145 Å². The van der Waals surface area contributed by atoms with E-state index in [1.807, 2.05) is 6.07 Å². The molecule has 5 nitrogen and oxygen atoms in total. The van der Waals surface area contributed by atoms with Gasteiger partial charge >= 0.3 is 0 Å². The molecule has 1 fully saturated rings. The van der Waals surface area contributed by atoms with E-state index in [4.69, 9.17) is 10.00 Å². The molecule has 0 unspecified atom stereocenters. The van der Waals surface area contributed by atoms with Crippen LogP contribution < -0.4 is 10.6 Å². The van der Waals surface area contributed by atoms with Crippen LogP contribution in [0.25, 0.3) is 0 Å². The Morgan fingerprint density at radius 3 is 2.92 bits per heavy atom. The molecule has 25 heavy (non-hydrogen) atoms. The number of nitriles is 1. The van der Waals surface area contributed by atoms with E-state index < -0.39 is 11.7 Å². The molecule has 1 atom stereocenters. The van der Waals surface area contributed by atoms with Gasteiger partial charge in [0.1, 0.15) is 5.82 Å². The number of anilines is 2. The molecule has 6 heteroatoms. The van der Waals surface area contributed by atoms with Crippen LogP contribution in [0.4, 0.5) is 15.8 Å². The van der Waals surface area contributed by atoms with Crippen LogP contribution >= 0.6 is 0 Å². The molecule has 3 rings (SSSR count). The van der Waals surface area contributed by atoms with Gasteiger partial charge in [0.15, 0.2) is 0 Å². The van der Waals surface area contributed by atoms with Gasteiger partial charge in [-0.05, 0) is 49.2 Å². The molecule has 1 amide bonds. The fourth-order valence-electron chi connectivity index (χ4n) is 2.70. The van der Waals surface area contributed by atoms with E-state index in [0.717, 1.165) is 19.4 Å².